The highest BCUT2D eigenvalue weighted by atomic mass is 16.5. The number of aliphatic hydroxyl groups is 1. The van der Waals surface area contributed by atoms with Gasteiger partial charge in [0.25, 0.3) is 0 Å². The number of fused-ring (bicyclic) bond motifs is 1. The molecule has 0 radical (unpaired) electrons. The van der Waals surface area contributed by atoms with E-state index in [4.69, 9.17) is 4.74 Å². The van der Waals surface area contributed by atoms with Crippen LogP contribution in [0.25, 0.3) is 0 Å². The quantitative estimate of drug-likeness (QED) is 0.888. The van der Waals surface area contributed by atoms with E-state index in [1.807, 2.05) is 31.2 Å². The van der Waals surface area contributed by atoms with Gasteiger partial charge in [-0.3, -0.25) is 0 Å². The van der Waals surface area contributed by atoms with Crippen LogP contribution in [0.15, 0.2) is 24.3 Å². The maximum Gasteiger partial charge on any atom is 0.133 e. The minimum absolute atomic E-state index is 0.413. The van der Waals surface area contributed by atoms with Crippen LogP contribution in [-0.4, -0.2) is 28.7 Å². The van der Waals surface area contributed by atoms with Crippen molar-refractivity contribution < 1.29 is 9.84 Å². The minimum atomic E-state index is -0.611. The lowest BCUT2D eigenvalue weighted by Crippen LogP contribution is -2.18. The Kier molecular flexibility index (Phi) is 4.76. The average molecular weight is 313 g/mol. The molecule has 1 aromatic carbocycles. The fourth-order valence-electron chi connectivity index (χ4n) is 3.02. The van der Waals surface area contributed by atoms with Gasteiger partial charge in [0, 0.05) is 17.8 Å². The van der Waals surface area contributed by atoms with Crippen molar-refractivity contribution in [1.82, 2.24) is 9.97 Å². The van der Waals surface area contributed by atoms with Gasteiger partial charge >= 0.3 is 0 Å². The number of ether oxygens (including phenoxy) is 1. The standard InChI is InChI=1S/C18H23N3O2/c1-12-20-16-9-4-3-8-15(16)18(21-12)19-11-17(22)13-6-5-7-14(10-13)23-2/h5-7,10,17,22H,3-4,8-9,11H2,1-2H3,(H,19,20,21). The third kappa shape index (κ3) is 3.62. The summed E-state index contributed by atoms with van der Waals surface area (Å²) in [5, 5.41) is 13.7. The van der Waals surface area contributed by atoms with Crippen molar-refractivity contribution >= 4 is 5.82 Å². The van der Waals surface area contributed by atoms with Crippen molar-refractivity contribution in [3.63, 3.8) is 0 Å². The number of nitrogens with zero attached hydrogens (tertiary/aromatic N) is 2. The molecule has 2 aromatic rings. The second kappa shape index (κ2) is 6.96. The van der Waals surface area contributed by atoms with Crippen LogP contribution in [0.1, 0.15) is 41.6 Å². The first-order valence-electron chi connectivity index (χ1n) is 8.09. The third-order valence-corrected chi connectivity index (χ3v) is 4.24. The van der Waals surface area contributed by atoms with Crippen LogP contribution < -0.4 is 10.1 Å². The molecule has 1 aromatic heterocycles. The molecule has 1 unspecified atom stereocenters. The molecule has 2 N–H and O–H groups in total. The molecule has 0 saturated carbocycles. The van der Waals surface area contributed by atoms with Gasteiger partial charge in [0.15, 0.2) is 0 Å². The maximum absolute atomic E-state index is 10.4. The van der Waals surface area contributed by atoms with Crippen molar-refractivity contribution in [3.8, 4) is 5.75 Å². The first-order chi connectivity index (χ1) is 11.2. The first-order valence-corrected chi connectivity index (χ1v) is 8.09. The second-order valence-electron chi connectivity index (χ2n) is 5.93. The van der Waals surface area contributed by atoms with E-state index in [1.54, 1.807) is 7.11 Å². The van der Waals surface area contributed by atoms with Crippen LogP contribution >= 0.6 is 0 Å². The van der Waals surface area contributed by atoms with Gasteiger partial charge in [0.1, 0.15) is 17.4 Å². The van der Waals surface area contributed by atoms with Gasteiger partial charge in [-0.1, -0.05) is 12.1 Å². The van der Waals surface area contributed by atoms with E-state index in [0.29, 0.717) is 6.54 Å². The van der Waals surface area contributed by atoms with E-state index in [-0.39, 0.29) is 0 Å². The van der Waals surface area contributed by atoms with Gasteiger partial charge in [-0.05, 0) is 50.3 Å². The summed E-state index contributed by atoms with van der Waals surface area (Å²) in [6.07, 6.45) is 3.78. The first kappa shape index (κ1) is 15.7. The fraction of sp³-hybridized carbons (Fsp3) is 0.444. The Balaban J connectivity index is 1.74. The van der Waals surface area contributed by atoms with Gasteiger partial charge in [0.05, 0.1) is 13.2 Å². The van der Waals surface area contributed by atoms with Crippen molar-refractivity contribution in [2.45, 2.75) is 38.7 Å². The normalized spacial score (nSPS) is 14.9. The highest BCUT2D eigenvalue weighted by molar-refractivity contribution is 5.48. The second-order valence-corrected chi connectivity index (χ2v) is 5.93. The molecule has 5 nitrogen and oxygen atoms in total. The van der Waals surface area contributed by atoms with Gasteiger partial charge in [-0.15, -0.1) is 0 Å². The predicted octanol–water partition coefficient (Wildman–Crippen LogP) is 2.82. The largest absolute Gasteiger partial charge is 0.497 e. The number of hydrogen-bond donors (Lipinski definition) is 2. The van der Waals surface area contributed by atoms with Crippen molar-refractivity contribution in [1.29, 1.82) is 0 Å². The van der Waals surface area contributed by atoms with E-state index in [1.165, 1.54) is 18.4 Å². The molecule has 0 bridgehead atoms. The molecule has 0 amide bonds. The Morgan fingerprint density at radius 2 is 2.09 bits per heavy atom. The molecular formula is C18H23N3O2. The van der Waals surface area contributed by atoms with Crippen LogP contribution in [0, 0.1) is 6.92 Å². The highest BCUT2D eigenvalue weighted by Gasteiger charge is 2.17. The van der Waals surface area contributed by atoms with E-state index in [0.717, 1.165) is 41.5 Å². The lowest BCUT2D eigenvalue weighted by molar-refractivity contribution is 0.191. The average Bonchev–Trinajstić information content (AvgIpc) is 2.59. The molecule has 5 heteroatoms. The summed E-state index contributed by atoms with van der Waals surface area (Å²) in [7, 11) is 1.62. The topological polar surface area (TPSA) is 67.3 Å². The Bertz CT molecular complexity index is 688. The monoisotopic (exact) mass is 313 g/mol. The molecule has 1 aliphatic rings. The number of aryl methyl sites for hydroxylation is 2. The number of aliphatic hydroxyl groups excluding tert-OH is 1. The lowest BCUT2D eigenvalue weighted by atomic mass is 9.96. The van der Waals surface area contributed by atoms with Gasteiger partial charge in [-0.2, -0.15) is 0 Å². The number of nitrogens with one attached hydrogen (secondary N) is 1. The van der Waals surface area contributed by atoms with E-state index in [2.05, 4.69) is 15.3 Å². The molecule has 23 heavy (non-hydrogen) atoms. The Labute approximate surface area is 136 Å². The summed E-state index contributed by atoms with van der Waals surface area (Å²) in [5.74, 6) is 2.40. The van der Waals surface area contributed by atoms with Crippen LogP contribution in [0.5, 0.6) is 5.75 Å². The molecule has 0 saturated heterocycles. The molecule has 0 aliphatic heterocycles. The number of methoxy groups -OCH3 is 1. The molecule has 1 atom stereocenters. The van der Waals surface area contributed by atoms with E-state index >= 15 is 0 Å². The molecule has 3 rings (SSSR count). The summed E-state index contributed by atoms with van der Waals surface area (Å²) in [4.78, 5) is 9.08. The van der Waals surface area contributed by atoms with Crippen LogP contribution in [0.3, 0.4) is 0 Å². The Morgan fingerprint density at radius 1 is 1.26 bits per heavy atom. The van der Waals surface area contributed by atoms with Crippen LogP contribution in [-0.2, 0) is 12.8 Å². The summed E-state index contributed by atoms with van der Waals surface area (Å²) in [6.45, 7) is 2.33. The molecule has 0 fully saturated rings. The lowest BCUT2D eigenvalue weighted by Gasteiger charge is -2.20. The Hall–Kier alpha value is -2.14. The van der Waals surface area contributed by atoms with Crippen LogP contribution in [0.4, 0.5) is 5.82 Å². The summed E-state index contributed by atoms with van der Waals surface area (Å²) >= 11 is 0. The molecule has 1 aliphatic carbocycles. The minimum Gasteiger partial charge on any atom is -0.497 e. The van der Waals surface area contributed by atoms with Gasteiger partial charge in [-0.25, -0.2) is 9.97 Å². The molecule has 0 spiro atoms. The smallest absolute Gasteiger partial charge is 0.133 e. The predicted molar refractivity (Wildman–Crippen MR) is 89.9 cm³/mol. The molecule has 122 valence electrons. The highest BCUT2D eigenvalue weighted by Crippen LogP contribution is 2.26. The zero-order valence-corrected chi connectivity index (χ0v) is 13.7. The van der Waals surface area contributed by atoms with Crippen molar-refractivity contribution in [3.05, 3.63) is 46.9 Å². The zero-order valence-electron chi connectivity index (χ0n) is 13.7. The fourth-order valence-corrected chi connectivity index (χ4v) is 3.02. The number of hydrogen-bond acceptors (Lipinski definition) is 5. The summed E-state index contributed by atoms with van der Waals surface area (Å²) in [5.41, 5.74) is 3.19. The van der Waals surface area contributed by atoms with E-state index < -0.39 is 6.10 Å². The van der Waals surface area contributed by atoms with Gasteiger partial charge in [0.2, 0.25) is 0 Å². The Morgan fingerprint density at radius 3 is 2.91 bits per heavy atom. The van der Waals surface area contributed by atoms with E-state index in [9.17, 15) is 5.11 Å². The number of anilines is 1. The third-order valence-electron chi connectivity index (χ3n) is 4.24. The number of benzene rings is 1. The summed E-state index contributed by atoms with van der Waals surface area (Å²) in [6, 6.07) is 7.50. The maximum atomic E-state index is 10.4. The van der Waals surface area contributed by atoms with Gasteiger partial charge < -0.3 is 15.2 Å². The van der Waals surface area contributed by atoms with Crippen LogP contribution in [0.2, 0.25) is 0 Å². The summed E-state index contributed by atoms with van der Waals surface area (Å²) < 4.78 is 5.21. The van der Waals surface area contributed by atoms with Crippen molar-refractivity contribution in [2.24, 2.45) is 0 Å². The zero-order chi connectivity index (χ0) is 16.2. The van der Waals surface area contributed by atoms with Crippen molar-refractivity contribution in [2.75, 3.05) is 19.0 Å². The SMILES string of the molecule is COc1cccc(C(O)CNc2nc(C)nc3c2CCCC3)c1. The number of rotatable bonds is 5. The molecule has 1 heterocycles. The molecular weight excluding hydrogens is 290 g/mol. The number of aromatic nitrogens is 2.